The van der Waals surface area contributed by atoms with Crippen molar-refractivity contribution in [3.8, 4) is 22.6 Å². The van der Waals surface area contributed by atoms with Gasteiger partial charge in [-0.2, -0.15) is 0 Å². The fourth-order valence-electron chi connectivity index (χ4n) is 1.92. The number of hydrogen-bond donors (Lipinski definition) is 2. The van der Waals surface area contributed by atoms with E-state index in [4.69, 9.17) is 0 Å². The molecule has 0 heterocycles. The molecule has 2 aromatic rings. The average Bonchev–Trinajstić information content (AvgIpc) is 2.28. The highest BCUT2D eigenvalue weighted by Crippen LogP contribution is 2.38. The van der Waals surface area contributed by atoms with Crippen LogP contribution in [-0.2, 0) is 0 Å². The van der Waals surface area contributed by atoms with Crippen LogP contribution in [0.25, 0.3) is 11.1 Å². The summed E-state index contributed by atoms with van der Waals surface area (Å²) in [5.41, 5.74) is 3.01. The zero-order valence-corrected chi connectivity index (χ0v) is 9.36. The Morgan fingerprint density at radius 3 is 2.19 bits per heavy atom. The van der Waals surface area contributed by atoms with E-state index in [0.717, 1.165) is 5.56 Å². The Kier molecular flexibility index (Phi) is 2.57. The molecule has 0 aliphatic rings. The third kappa shape index (κ3) is 1.63. The van der Waals surface area contributed by atoms with Crippen LogP contribution in [0.4, 0.5) is 0 Å². The maximum atomic E-state index is 9.94. The number of phenolic OH excluding ortho intramolecular Hbond substituents is 2. The van der Waals surface area contributed by atoms with E-state index >= 15 is 0 Å². The van der Waals surface area contributed by atoms with Crippen LogP contribution in [0.15, 0.2) is 36.4 Å². The summed E-state index contributed by atoms with van der Waals surface area (Å²) in [6.07, 6.45) is 0. The van der Waals surface area contributed by atoms with Crippen molar-refractivity contribution in [3.05, 3.63) is 47.5 Å². The Morgan fingerprint density at radius 2 is 1.56 bits per heavy atom. The second-order valence-electron chi connectivity index (χ2n) is 3.93. The van der Waals surface area contributed by atoms with Crippen LogP contribution in [0, 0.1) is 13.8 Å². The van der Waals surface area contributed by atoms with Gasteiger partial charge in [-0.15, -0.1) is 0 Å². The van der Waals surface area contributed by atoms with Crippen LogP contribution in [0.5, 0.6) is 11.5 Å². The van der Waals surface area contributed by atoms with Gasteiger partial charge in [0, 0.05) is 11.1 Å². The van der Waals surface area contributed by atoms with Crippen LogP contribution in [0.1, 0.15) is 11.1 Å². The van der Waals surface area contributed by atoms with Crippen molar-refractivity contribution in [2.45, 2.75) is 13.8 Å². The smallest absolute Gasteiger partial charge is 0.124 e. The van der Waals surface area contributed by atoms with Crippen LogP contribution in [-0.4, -0.2) is 10.2 Å². The largest absolute Gasteiger partial charge is 0.507 e. The SMILES string of the molecule is Cc1cc(O)c(-c2ccccc2)c(C)c1O. The second kappa shape index (κ2) is 3.89. The summed E-state index contributed by atoms with van der Waals surface area (Å²) in [7, 11) is 0. The predicted octanol–water partition coefficient (Wildman–Crippen LogP) is 3.38. The summed E-state index contributed by atoms with van der Waals surface area (Å²) in [6.45, 7) is 3.58. The van der Waals surface area contributed by atoms with E-state index in [2.05, 4.69) is 0 Å². The number of aryl methyl sites for hydroxylation is 1. The molecule has 0 unspecified atom stereocenters. The first-order valence-corrected chi connectivity index (χ1v) is 5.19. The van der Waals surface area contributed by atoms with Gasteiger partial charge in [0.25, 0.3) is 0 Å². The molecule has 0 saturated heterocycles. The van der Waals surface area contributed by atoms with Crippen LogP contribution < -0.4 is 0 Å². The van der Waals surface area contributed by atoms with Gasteiger partial charge in [-0.25, -0.2) is 0 Å². The molecule has 0 spiro atoms. The van der Waals surface area contributed by atoms with E-state index in [1.165, 1.54) is 0 Å². The molecule has 2 heteroatoms. The molecule has 16 heavy (non-hydrogen) atoms. The molecule has 0 aliphatic heterocycles. The van der Waals surface area contributed by atoms with E-state index in [1.54, 1.807) is 13.0 Å². The Balaban J connectivity index is 2.71. The van der Waals surface area contributed by atoms with E-state index < -0.39 is 0 Å². The predicted molar refractivity (Wildman–Crippen MR) is 64.7 cm³/mol. The summed E-state index contributed by atoms with van der Waals surface area (Å²) >= 11 is 0. The van der Waals surface area contributed by atoms with Crippen molar-refractivity contribution in [2.24, 2.45) is 0 Å². The molecular weight excluding hydrogens is 200 g/mol. The summed E-state index contributed by atoms with van der Waals surface area (Å²) in [4.78, 5) is 0. The minimum Gasteiger partial charge on any atom is -0.507 e. The van der Waals surface area contributed by atoms with Gasteiger partial charge < -0.3 is 10.2 Å². The van der Waals surface area contributed by atoms with Crippen LogP contribution in [0.2, 0.25) is 0 Å². The number of phenols is 2. The lowest BCUT2D eigenvalue weighted by molar-refractivity contribution is 0.454. The van der Waals surface area contributed by atoms with Crippen LogP contribution in [0.3, 0.4) is 0 Å². The van der Waals surface area contributed by atoms with Gasteiger partial charge in [0.15, 0.2) is 0 Å². The topological polar surface area (TPSA) is 40.5 Å². The van der Waals surface area contributed by atoms with Crippen molar-refractivity contribution in [2.75, 3.05) is 0 Å². The summed E-state index contributed by atoms with van der Waals surface area (Å²) in [5, 5.41) is 19.8. The number of rotatable bonds is 1. The van der Waals surface area contributed by atoms with Gasteiger partial charge in [-0.3, -0.25) is 0 Å². The lowest BCUT2D eigenvalue weighted by atomic mass is 9.96. The summed E-state index contributed by atoms with van der Waals surface area (Å²) in [5.74, 6) is 0.454. The molecule has 0 radical (unpaired) electrons. The number of benzene rings is 2. The fraction of sp³-hybridized carbons (Fsp3) is 0.143. The van der Waals surface area contributed by atoms with Gasteiger partial charge in [-0.1, -0.05) is 30.3 Å². The van der Waals surface area contributed by atoms with Gasteiger partial charge >= 0.3 is 0 Å². The van der Waals surface area contributed by atoms with Crippen molar-refractivity contribution < 1.29 is 10.2 Å². The third-order valence-electron chi connectivity index (χ3n) is 2.78. The average molecular weight is 214 g/mol. The van der Waals surface area contributed by atoms with Crippen molar-refractivity contribution in [1.82, 2.24) is 0 Å². The first kappa shape index (κ1) is 10.6. The summed E-state index contributed by atoms with van der Waals surface area (Å²) in [6, 6.07) is 11.2. The highest BCUT2D eigenvalue weighted by Gasteiger charge is 2.13. The minimum absolute atomic E-state index is 0.207. The van der Waals surface area contributed by atoms with E-state index in [-0.39, 0.29) is 11.5 Å². The molecule has 2 nitrogen and oxygen atoms in total. The standard InChI is InChI=1S/C14H14O2/c1-9-8-12(15)13(10(2)14(9)16)11-6-4-3-5-7-11/h3-8,15-16H,1-2H3. The molecule has 0 aliphatic carbocycles. The monoisotopic (exact) mass is 214 g/mol. The normalized spacial score (nSPS) is 10.4. The van der Waals surface area contributed by atoms with Gasteiger partial charge in [0.05, 0.1) is 0 Å². The fourth-order valence-corrected chi connectivity index (χ4v) is 1.92. The zero-order chi connectivity index (χ0) is 11.7. The molecule has 0 fully saturated rings. The third-order valence-corrected chi connectivity index (χ3v) is 2.78. The molecule has 0 bridgehead atoms. The Morgan fingerprint density at radius 1 is 0.938 bits per heavy atom. The maximum absolute atomic E-state index is 9.94. The Bertz CT molecular complexity index is 516. The summed E-state index contributed by atoms with van der Waals surface area (Å²) < 4.78 is 0. The number of aromatic hydroxyl groups is 2. The molecule has 2 N–H and O–H groups in total. The van der Waals surface area contributed by atoms with E-state index in [0.29, 0.717) is 16.7 Å². The molecule has 2 aromatic carbocycles. The number of hydrogen-bond acceptors (Lipinski definition) is 2. The first-order chi connectivity index (χ1) is 7.61. The molecule has 0 amide bonds. The van der Waals surface area contributed by atoms with Crippen molar-refractivity contribution in [3.63, 3.8) is 0 Å². The van der Waals surface area contributed by atoms with Crippen LogP contribution >= 0.6 is 0 Å². The second-order valence-corrected chi connectivity index (χ2v) is 3.93. The lowest BCUT2D eigenvalue weighted by Crippen LogP contribution is -1.88. The Hall–Kier alpha value is -1.96. The zero-order valence-electron chi connectivity index (χ0n) is 9.36. The Labute approximate surface area is 94.8 Å². The van der Waals surface area contributed by atoms with Crippen molar-refractivity contribution >= 4 is 0 Å². The van der Waals surface area contributed by atoms with Gasteiger partial charge in [0.1, 0.15) is 11.5 Å². The van der Waals surface area contributed by atoms with E-state index in [1.807, 2.05) is 37.3 Å². The lowest BCUT2D eigenvalue weighted by Gasteiger charge is -2.12. The molecular formula is C14H14O2. The molecule has 0 atom stereocenters. The highest BCUT2D eigenvalue weighted by atomic mass is 16.3. The molecule has 2 rings (SSSR count). The quantitative estimate of drug-likeness (QED) is 0.714. The van der Waals surface area contributed by atoms with Gasteiger partial charge in [0.2, 0.25) is 0 Å². The van der Waals surface area contributed by atoms with Crippen molar-refractivity contribution in [1.29, 1.82) is 0 Å². The first-order valence-electron chi connectivity index (χ1n) is 5.19. The maximum Gasteiger partial charge on any atom is 0.124 e. The molecule has 0 aromatic heterocycles. The highest BCUT2D eigenvalue weighted by molar-refractivity contribution is 5.76. The minimum atomic E-state index is 0.207. The molecule has 0 saturated carbocycles. The molecule has 82 valence electrons. The van der Waals surface area contributed by atoms with E-state index in [9.17, 15) is 10.2 Å². The van der Waals surface area contributed by atoms with Gasteiger partial charge in [-0.05, 0) is 31.0 Å².